The second-order valence-corrected chi connectivity index (χ2v) is 4.06. The van der Waals surface area contributed by atoms with Gasteiger partial charge in [0.2, 0.25) is 5.24 Å². The Bertz CT molecular complexity index is 198. The van der Waals surface area contributed by atoms with Gasteiger partial charge in [-0.15, -0.1) is 0 Å². The van der Waals surface area contributed by atoms with Gasteiger partial charge in [-0.25, -0.2) is 0 Å². The van der Waals surface area contributed by atoms with Gasteiger partial charge in [0.15, 0.2) is 0 Å². The van der Waals surface area contributed by atoms with Gasteiger partial charge in [0.25, 0.3) is 0 Å². The quantitative estimate of drug-likeness (QED) is 0.597. The summed E-state index contributed by atoms with van der Waals surface area (Å²) in [6.45, 7) is 5.29. The number of rotatable bonds is 2. The Kier molecular flexibility index (Phi) is 1.83. The lowest BCUT2D eigenvalue weighted by Gasteiger charge is -1.96. The Hall–Kier alpha value is -0.370. The minimum atomic E-state index is -0.379. The lowest BCUT2D eigenvalue weighted by atomic mass is 10.1. The van der Waals surface area contributed by atoms with Gasteiger partial charge in [0.05, 0.1) is 0 Å². The number of carbonyl (C=O) groups excluding carboxylic acids is 2. The predicted molar refractivity (Wildman–Crippen MR) is 42.3 cm³/mol. The second kappa shape index (κ2) is 2.31. The molecule has 3 heteroatoms. The summed E-state index contributed by atoms with van der Waals surface area (Å²) in [6, 6.07) is 0. The highest BCUT2D eigenvalue weighted by Gasteiger charge is 2.63. The average molecular weight is 175 g/mol. The predicted octanol–water partition coefficient (Wildman–Crippen LogP) is 1.61. The Balaban J connectivity index is 2.76. The molecule has 1 fully saturated rings. The Morgan fingerprint density at radius 2 is 1.73 bits per heavy atom. The third-order valence-corrected chi connectivity index (χ3v) is 2.74. The van der Waals surface area contributed by atoms with Crippen molar-refractivity contribution in [1.82, 2.24) is 0 Å². The van der Waals surface area contributed by atoms with Crippen molar-refractivity contribution >= 4 is 22.6 Å². The highest BCUT2D eigenvalue weighted by atomic mass is 35.5. The molecule has 62 valence electrons. The smallest absolute Gasteiger partial charge is 0.226 e. The molecule has 11 heavy (non-hydrogen) atoms. The molecule has 0 bridgehead atoms. The lowest BCUT2D eigenvalue weighted by Crippen LogP contribution is -1.99. The largest absolute Gasteiger partial charge is 0.300 e. The van der Waals surface area contributed by atoms with E-state index in [1.165, 1.54) is 6.92 Å². The van der Waals surface area contributed by atoms with Crippen LogP contribution < -0.4 is 0 Å². The van der Waals surface area contributed by atoms with E-state index in [4.69, 9.17) is 11.6 Å². The van der Waals surface area contributed by atoms with Crippen molar-refractivity contribution in [3.8, 4) is 0 Å². The summed E-state index contributed by atoms with van der Waals surface area (Å²) in [6.07, 6.45) is 0. The first-order valence-electron chi connectivity index (χ1n) is 3.59. The molecule has 2 atom stereocenters. The molecule has 0 radical (unpaired) electrons. The molecule has 1 rings (SSSR count). The zero-order valence-electron chi connectivity index (χ0n) is 6.85. The van der Waals surface area contributed by atoms with E-state index >= 15 is 0 Å². The van der Waals surface area contributed by atoms with Gasteiger partial charge in [0.1, 0.15) is 5.78 Å². The van der Waals surface area contributed by atoms with Gasteiger partial charge in [-0.1, -0.05) is 13.8 Å². The summed E-state index contributed by atoms with van der Waals surface area (Å²) in [5.74, 6) is -0.330. The van der Waals surface area contributed by atoms with E-state index in [2.05, 4.69) is 0 Å². The van der Waals surface area contributed by atoms with Gasteiger partial charge in [-0.3, -0.25) is 9.59 Å². The van der Waals surface area contributed by atoms with Crippen LogP contribution in [0.5, 0.6) is 0 Å². The molecule has 2 unspecified atom stereocenters. The molecule has 1 aliphatic carbocycles. The molecule has 0 aromatic heterocycles. The van der Waals surface area contributed by atoms with Crippen molar-refractivity contribution in [2.24, 2.45) is 17.3 Å². The van der Waals surface area contributed by atoms with Crippen molar-refractivity contribution in [2.45, 2.75) is 20.8 Å². The number of carbonyl (C=O) groups is 2. The number of hydrogen-bond donors (Lipinski definition) is 0. The van der Waals surface area contributed by atoms with Crippen molar-refractivity contribution < 1.29 is 9.59 Å². The Morgan fingerprint density at radius 1 is 1.27 bits per heavy atom. The number of hydrogen-bond acceptors (Lipinski definition) is 2. The Labute approximate surface area is 70.9 Å². The van der Waals surface area contributed by atoms with E-state index in [9.17, 15) is 9.59 Å². The molecule has 1 saturated carbocycles. The molecule has 0 aromatic carbocycles. The minimum Gasteiger partial charge on any atom is -0.300 e. The van der Waals surface area contributed by atoms with E-state index in [0.29, 0.717) is 0 Å². The fourth-order valence-electron chi connectivity index (χ4n) is 1.82. The number of Topliss-reactive ketones (excluding diaryl/α,β-unsaturated/α-hetero) is 1. The molecule has 0 aromatic rings. The molecule has 0 saturated heterocycles. The summed E-state index contributed by atoms with van der Waals surface area (Å²) in [4.78, 5) is 21.7. The lowest BCUT2D eigenvalue weighted by molar-refractivity contribution is -0.120. The van der Waals surface area contributed by atoms with Crippen molar-refractivity contribution in [1.29, 1.82) is 0 Å². The molecule has 1 aliphatic rings. The molecule has 0 aliphatic heterocycles. The topological polar surface area (TPSA) is 34.1 Å². The third-order valence-electron chi connectivity index (χ3n) is 2.51. The first-order valence-corrected chi connectivity index (χ1v) is 3.96. The van der Waals surface area contributed by atoms with Gasteiger partial charge in [0, 0.05) is 11.8 Å². The number of ketones is 1. The van der Waals surface area contributed by atoms with Gasteiger partial charge in [-0.05, 0) is 23.9 Å². The maximum atomic E-state index is 10.9. The summed E-state index contributed by atoms with van der Waals surface area (Å²) >= 11 is 5.31. The van der Waals surface area contributed by atoms with E-state index in [1.54, 1.807) is 0 Å². The van der Waals surface area contributed by atoms with Crippen LogP contribution >= 0.6 is 11.6 Å². The molecular weight excluding hydrogens is 164 g/mol. The normalized spacial score (nSPS) is 33.1. The zero-order chi connectivity index (χ0) is 8.81. The molecule has 0 amide bonds. The van der Waals surface area contributed by atoms with Crippen LogP contribution in [0.2, 0.25) is 0 Å². The van der Waals surface area contributed by atoms with Crippen molar-refractivity contribution in [3.63, 3.8) is 0 Å². The summed E-state index contributed by atoms with van der Waals surface area (Å²) in [7, 11) is 0. The van der Waals surface area contributed by atoms with E-state index in [0.717, 1.165) is 0 Å². The zero-order valence-corrected chi connectivity index (χ0v) is 7.61. The highest BCUT2D eigenvalue weighted by Crippen LogP contribution is 2.59. The molecule has 2 nitrogen and oxygen atoms in total. The fourth-order valence-corrected chi connectivity index (χ4v) is 2.23. The van der Waals surface area contributed by atoms with Crippen LogP contribution in [0.3, 0.4) is 0 Å². The molecule has 0 N–H and O–H groups in total. The van der Waals surface area contributed by atoms with Crippen LogP contribution in [0.4, 0.5) is 0 Å². The first-order chi connectivity index (χ1) is 4.89. The molecular formula is C8H11ClO2. The highest BCUT2D eigenvalue weighted by molar-refractivity contribution is 6.64. The summed E-state index contributed by atoms with van der Waals surface area (Å²) in [5.41, 5.74) is -0.204. The maximum Gasteiger partial charge on any atom is 0.226 e. The summed E-state index contributed by atoms with van der Waals surface area (Å²) < 4.78 is 0. The third kappa shape index (κ3) is 1.20. The van der Waals surface area contributed by atoms with Gasteiger partial charge in [-0.2, -0.15) is 0 Å². The standard InChI is InChI=1S/C8H11ClO2/c1-4(10)5-6(7(9)11)8(5,2)3/h5-6H,1-3H3. The minimum absolute atomic E-state index is 0.0639. The average Bonchev–Trinajstić information content (AvgIpc) is 2.33. The number of halogens is 1. The van der Waals surface area contributed by atoms with Crippen molar-refractivity contribution in [2.75, 3.05) is 0 Å². The summed E-state index contributed by atoms with van der Waals surface area (Å²) in [5, 5.41) is -0.379. The monoisotopic (exact) mass is 174 g/mol. The second-order valence-electron chi connectivity index (χ2n) is 3.69. The van der Waals surface area contributed by atoms with E-state index in [1.807, 2.05) is 13.8 Å². The van der Waals surface area contributed by atoms with Crippen LogP contribution in [0.1, 0.15) is 20.8 Å². The maximum absolute atomic E-state index is 10.9. The SMILES string of the molecule is CC(=O)C1C(C(=O)Cl)C1(C)C. The van der Waals surface area contributed by atoms with Crippen LogP contribution in [0.15, 0.2) is 0 Å². The molecule has 0 spiro atoms. The first kappa shape index (κ1) is 8.72. The van der Waals surface area contributed by atoms with Crippen molar-refractivity contribution in [3.05, 3.63) is 0 Å². The van der Waals surface area contributed by atoms with Gasteiger partial charge < -0.3 is 0 Å². The van der Waals surface area contributed by atoms with Crippen LogP contribution in [-0.4, -0.2) is 11.0 Å². The van der Waals surface area contributed by atoms with E-state index < -0.39 is 0 Å². The van der Waals surface area contributed by atoms with E-state index in [-0.39, 0.29) is 28.3 Å². The van der Waals surface area contributed by atoms with Gasteiger partial charge >= 0.3 is 0 Å². The van der Waals surface area contributed by atoms with Crippen LogP contribution in [0, 0.1) is 17.3 Å². The van der Waals surface area contributed by atoms with Crippen LogP contribution in [-0.2, 0) is 9.59 Å². The molecule has 0 heterocycles. The van der Waals surface area contributed by atoms with Crippen LogP contribution in [0.25, 0.3) is 0 Å². The fraction of sp³-hybridized carbons (Fsp3) is 0.750. The Morgan fingerprint density at radius 3 is 1.82 bits per heavy atom.